The minimum atomic E-state index is -0.588. The standard InChI is InChI=1S/C20H22N2O5/c1-22(2)19(24)15-7-9-17(10-8-15)21-18(23)13-27-20(25)16-6-4-5-14(11-16)12-26-3/h4-11H,12-13H2,1-3H3,(H,21,23). The molecular weight excluding hydrogens is 348 g/mol. The van der Waals surface area contributed by atoms with Gasteiger partial charge in [0.1, 0.15) is 0 Å². The molecule has 142 valence electrons. The number of nitrogens with zero attached hydrogens (tertiary/aromatic N) is 1. The summed E-state index contributed by atoms with van der Waals surface area (Å²) in [6.07, 6.45) is 0. The number of anilines is 1. The van der Waals surface area contributed by atoms with Crippen LogP contribution in [0, 0.1) is 0 Å². The van der Waals surface area contributed by atoms with Crippen molar-refractivity contribution in [3.05, 3.63) is 65.2 Å². The van der Waals surface area contributed by atoms with Crippen molar-refractivity contribution in [2.75, 3.05) is 33.1 Å². The Balaban J connectivity index is 1.88. The highest BCUT2D eigenvalue weighted by Crippen LogP contribution is 2.11. The first kappa shape index (κ1) is 20.1. The van der Waals surface area contributed by atoms with E-state index in [1.807, 2.05) is 6.07 Å². The van der Waals surface area contributed by atoms with Crippen molar-refractivity contribution in [3.63, 3.8) is 0 Å². The van der Waals surface area contributed by atoms with Crippen LogP contribution in [0.4, 0.5) is 5.69 Å². The summed E-state index contributed by atoms with van der Waals surface area (Å²) in [6.45, 7) is -0.0281. The highest BCUT2D eigenvalue weighted by atomic mass is 16.5. The third-order valence-corrected chi connectivity index (χ3v) is 3.63. The Morgan fingerprint density at radius 1 is 1.00 bits per heavy atom. The van der Waals surface area contributed by atoms with Gasteiger partial charge in [0.25, 0.3) is 11.8 Å². The van der Waals surface area contributed by atoms with E-state index >= 15 is 0 Å². The SMILES string of the molecule is COCc1cccc(C(=O)OCC(=O)Nc2ccc(C(=O)N(C)C)cc2)c1. The van der Waals surface area contributed by atoms with Crippen LogP contribution in [0.3, 0.4) is 0 Å². The molecule has 1 N–H and O–H groups in total. The Morgan fingerprint density at radius 2 is 1.70 bits per heavy atom. The lowest BCUT2D eigenvalue weighted by molar-refractivity contribution is -0.119. The van der Waals surface area contributed by atoms with Gasteiger partial charge in [-0.05, 0) is 42.0 Å². The summed E-state index contributed by atoms with van der Waals surface area (Å²) in [7, 11) is 4.90. The molecule has 0 heterocycles. The number of carbonyl (C=O) groups excluding carboxylic acids is 3. The fraction of sp³-hybridized carbons (Fsp3) is 0.250. The second kappa shape index (κ2) is 9.49. The first-order chi connectivity index (χ1) is 12.9. The molecule has 0 saturated carbocycles. The summed E-state index contributed by atoms with van der Waals surface area (Å²) >= 11 is 0. The first-order valence-corrected chi connectivity index (χ1v) is 8.27. The number of carbonyl (C=O) groups is 3. The lowest BCUT2D eigenvalue weighted by Gasteiger charge is -2.11. The highest BCUT2D eigenvalue weighted by Gasteiger charge is 2.12. The van der Waals surface area contributed by atoms with Crippen LogP contribution in [0.5, 0.6) is 0 Å². The number of nitrogens with one attached hydrogen (secondary N) is 1. The van der Waals surface area contributed by atoms with E-state index in [4.69, 9.17) is 9.47 Å². The van der Waals surface area contributed by atoms with Gasteiger partial charge >= 0.3 is 5.97 Å². The van der Waals surface area contributed by atoms with E-state index in [-0.39, 0.29) is 5.91 Å². The Morgan fingerprint density at radius 3 is 2.33 bits per heavy atom. The average molecular weight is 370 g/mol. The number of amides is 2. The summed E-state index contributed by atoms with van der Waals surface area (Å²) in [4.78, 5) is 37.3. The minimum Gasteiger partial charge on any atom is -0.452 e. The topological polar surface area (TPSA) is 84.9 Å². The molecule has 0 radical (unpaired) electrons. The van der Waals surface area contributed by atoms with Crippen LogP contribution < -0.4 is 5.32 Å². The highest BCUT2D eigenvalue weighted by molar-refractivity contribution is 5.97. The van der Waals surface area contributed by atoms with Crippen molar-refractivity contribution in [1.29, 1.82) is 0 Å². The number of benzene rings is 2. The van der Waals surface area contributed by atoms with Gasteiger partial charge < -0.3 is 19.7 Å². The van der Waals surface area contributed by atoms with Crippen molar-refractivity contribution in [3.8, 4) is 0 Å². The second-order valence-corrected chi connectivity index (χ2v) is 6.03. The third kappa shape index (κ3) is 5.93. The van der Waals surface area contributed by atoms with E-state index in [1.54, 1.807) is 63.7 Å². The van der Waals surface area contributed by atoms with E-state index in [2.05, 4.69) is 5.32 Å². The minimum absolute atomic E-state index is 0.127. The van der Waals surface area contributed by atoms with Gasteiger partial charge in [0, 0.05) is 32.5 Å². The molecule has 0 fully saturated rings. The Kier molecular flexibility index (Phi) is 7.08. The molecule has 0 aromatic heterocycles. The van der Waals surface area contributed by atoms with E-state index in [0.29, 0.717) is 23.4 Å². The molecule has 0 atom stereocenters. The number of methoxy groups -OCH3 is 1. The van der Waals surface area contributed by atoms with Crippen LogP contribution in [-0.4, -0.2) is 50.5 Å². The van der Waals surface area contributed by atoms with Gasteiger partial charge in [0.2, 0.25) is 0 Å². The summed E-state index contributed by atoms with van der Waals surface area (Å²) < 4.78 is 10.1. The van der Waals surface area contributed by atoms with Crippen LogP contribution in [0.2, 0.25) is 0 Å². The third-order valence-electron chi connectivity index (χ3n) is 3.63. The van der Waals surface area contributed by atoms with Gasteiger partial charge in [-0.15, -0.1) is 0 Å². The predicted molar refractivity (Wildman–Crippen MR) is 101 cm³/mol. The van der Waals surface area contributed by atoms with E-state index in [0.717, 1.165) is 5.56 Å². The quantitative estimate of drug-likeness (QED) is 0.756. The fourth-order valence-corrected chi connectivity index (χ4v) is 2.32. The number of esters is 1. The molecule has 27 heavy (non-hydrogen) atoms. The molecular formula is C20H22N2O5. The lowest BCUT2D eigenvalue weighted by atomic mass is 10.1. The van der Waals surface area contributed by atoms with E-state index in [9.17, 15) is 14.4 Å². The molecule has 0 aliphatic carbocycles. The first-order valence-electron chi connectivity index (χ1n) is 8.27. The summed E-state index contributed by atoms with van der Waals surface area (Å²) in [5.41, 5.74) is 2.21. The van der Waals surface area contributed by atoms with E-state index in [1.165, 1.54) is 4.90 Å². The summed E-state index contributed by atoms with van der Waals surface area (Å²) in [5, 5.41) is 2.61. The Hall–Kier alpha value is -3.19. The van der Waals surface area contributed by atoms with Gasteiger partial charge in [-0.1, -0.05) is 12.1 Å². The maximum atomic E-state index is 12.1. The van der Waals surface area contributed by atoms with Gasteiger partial charge in [0.05, 0.1) is 12.2 Å². The smallest absolute Gasteiger partial charge is 0.338 e. The fourth-order valence-electron chi connectivity index (χ4n) is 2.32. The Bertz CT molecular complexity index is 815. The molecule has 2 aromatic carbocycles. The number of rotatable bonds is 7. The van der Waals surface area contributed by atoms with Crippen molar-refractivity contribution >= 4 is 23.5 Å². The predicted octanol–water partition coefficient (Wildman–Crippen LogP) is 2.33. The molecule has 7 heteroatoms. The van der Waals surface area contributed by atoms with Crippen LogP contribution in [0.25, 0.3) is 0 Å². The number of hydrogen-bond acceptors (Lipinski definition) is 5. The molecule has 7 nitrogen and oxygen atoms in total. The van der Waals surface area contributed by atoms with Crippen LogP contribution in [0.15, 0.2) is 48.5 Å². The zero-order valence-electron chi connectivity index (χ0n) is 15.5. The molecule has 0 spiro atoms. The molecule has 2 rings (SSSR count). The molecule has 0 aliphatic heterocycles. The summed E-state index contributed by atoms with van der Waals surface area (Å²) in [6, 6.07) is 13.3. The molecule has 0 unspecified atom stereocenters. The molecule has 0 bridgehead atoms. The van der Waals surface area contributed by atoms with Crippen molar-refractivity contribution in [2.24, 2.45) is 0 Å². The Labute approximate surface area is 157 Å². The number of ether oxygens (including phenoxy) is 2. The number of hydrogen-bond donors (Lipinski definition) is 1. The molecule has 0 saturated heterocycles. The van der Waals surface area contributed by atoms with Crippen molar-refractivity contribution < 1.29 is 23.9 Å². The lowest BCUT2D eigenvalue weighted by Crippen LogP contribution is -2.22. The van der Waals surface area contributed by atoms with Gasteiger partial charge in [-0.25, -0.2) is 4.79 Å². The molecule has 0 aliphatic rings. The largest absolute Gasteiger partial charge is 0.452 e. The van der Waals surface area contributed by atoms with Gasteiger partial charge in [-0.2, -0.15) is 0 Å². The monoisotopic (exact) mass is 370 g/mol. The maximum absolute atomic E-state index is 12.1. The van der Waals surface area contributed by atoms with E-state index < -0.39 is 18.5 Å². The molecule has 2 amide bonds. The zero-order valence-corrected chi connectivity index (χ0v) is 15.5. The second-order valence-electron chi connectivity index (χ2n) is 6.03. The summed E-state index contributed by atoms with van der Waals surface area (Å²) in [5.74, 6) is -1.18. The van der Waals surface area contributed by atoms with Crippen molar-refractivity contribution in [1.82, 2.24) is 4.90 Å². The molecule has 2 aromatic rings. The van der Waals surface area contributed by atoms with Crippen LogP contribution in [0.1, 0.15) is 26.3 Å². The van der Waals surface area contributed by atoms with Gasteiger partial charge in [-0.3, -0.25) is 9.59 Å². The van der Waals surface area contributed by atoms with Crippen molar-refractivity contribution in [2.45, 2.75) is 6.61 Å². The van der Waals surface area contributed by atoms with Crippen LogP contribution in [-0.2, 0) is 20.9 Å². The normalized spacial score (nSPS) is 10.2. The van der Waals surface area contributed by atoms with Gasteiger partial charge in [0.15, 0.2) is 6.61 Å². The average Bonchev–Trinajstić information content (AvgIpc) is 2.66. The maximum Gasteiger partial charge on any atom is 0.338 e. The zero-order chi connectivity index (χ0) is 19.8. The van der Waals surface area contributed by atoms with Crippen LogP contribution >= 0.6 is 0 Å².